The van der Waals surface area contributed by atoms with E-state index < -0.39 is 0 Å². The highest BCUT2D eigenvalue weighted by molar-refractivity contribution is 14.0. The van der Waals surface area contributed by atoms with Gasteiger partial charge in [-0.2, -0.15) is 0 Å². The molecule has 0 atom stereocenters. The fourth-order valence-electron chi connectivity index (χ4n) is 4.09. The summed E-state index contributed by atoms with van der Waals surface area (Å²) >= 11 is 0. The molecular formula is C24H30IN5O. The molecule has 7 heteroatoms. The van der Waals surface area contributed by atoms with Gasteiger partial charge >= 0.3 is 0 Å². The number of para-hydroxylation sites is 1. The van der Waals surface area contributed by atoms with Gasteiger partial charge in [0, 0.05) is 42.9 Å². The molecule has 0 bridgehead atoms. The standard InChI is InChI=1S/C24H29N5O.HI/c1-17-9-10-20-19(15-27-21(20)14-17)11-12-26-24(25-2)28-16-23(30)29-13-5-7-18-6-3-4-8-22(18)29;/h3-4,6,8-10,14-15,27H,5,7,11-13,16H2,1-2H3,(H2,25,26,28);1H. The number of nitrogens with one attached hydrogen (secondary N) is 3. The molecule has 0 aliphatic carbocycles. The van der Waals surface area contributed by atoms with E-state index in [-0.39, 0.29) is 36.4 Å². The molecule has 31 heavy (non-hydrogen) atoms. The number of H-pyrrole nitrogens is 1. The Hall–Kier alpha value is -2.55. The van der Waals surface area contributed by atoms with Crippen molar-refractivity contribution in [2.75, 3.05) is 31.6 Å². The minimum atomic E-state index is 0. The molecular weight excluding hydrogens is 501 g/mol. The number of hydrogen-bond acceptors (Lipinski definition) is 2. The lowest BCUT2D eigenvalue weighted by molar-refractivity contribution is -0.117. The second-order valence-electron chi connectivity index (χ2n) is 7.74. The molecule has 2 aromatic carbocycles. The molecule has 3 N–H and O–H groups in total. The maximum absolute atomic E-state index is 12.8. The molecule has 164 valence electrons. The highest BCUT2D eigenvalue weighted by Crippen LogP contribution is 2.26. The Labute approximate surface area is 200 Å². The largest absolute Gasteiger partial charge is 0.361 e. The highest BCUT2D eigenvalue weighted by atomic mass is 127. The van der Waals surface area contributed by atoms with E-state index in [4.69, 9.17) is 0 Å². The monoisotopic (exact) mass is 531 g/mol. The number of aliphatic imine (C=N–C) groups is 1. The van der Waals surface area contributed by atoms with E-state index in [9.17, 15) is 4.79 Å². The average Bonchev–Trinajstić information content (AvgIpc) is 3.17. The van der Waals surface area contributed by atoms with Crippen molar-refractivity contribution in [1.29, 1.82) is 0 Å². The van der Waals surface area contributed by atoms with Gasteiger partial charge < -0.3 is 20.5 Å². The number of nitrogens with zero attached hydrogens (tertiary/aromatic N) is 2. The summed E-state index contributed by atoms with van der Waals surface area (Å²) in [5.41, 5.74) is 5.97. The van der Waals surface area contributed by atoms with E-state index in [1.165, 1.54) is 27.6 Å². The van der Waals surface area contributed by atoms with Gasteiger partial charge in [-0.25, -0.2) is 0 Å². The molecule has 3 aromatic rings. The predicted octanol–water partition coefficient (Wildman–Crippen LogP) is 3.78. The summed E-state index contributed by atoms with van der Waals surface area (Å²) < 4.78 is 0. The Morgan fingerprint density at radius 1 is 1.19 bits per heavy atom. The number of carbonyl (C=O) groups is 1. The van der Waals surface area contributed by atoms with Crippen LogP contribution < -0.4 is 15.5 Å². The molecule has 0 fully saturated rings. The zero-order valence-corrected chi connectivity index (χ0v) is 20.4. The molecule has 1 amide bonds. The number of hydrogen-bond donors (Lipinski definition) is 3. The summed E-state index contributed by atoms with van der Waals surface area (Å²) in [6.45, 7) is 3.83. The molecule has 2 heterocycles. The molecule has 0 unspecified atom stereocenters. The smallest absolute Gasteiger partial charge is 0.246 e. The van der Waals surface area contributed by atoms with E-state index in [0.29, 0.717) is 5.96 Å². The van der Waals surface area contributed by atoms with E-state index in [2.05, 4.69) is 58.0 Å². The zero-order chi connectivity index (χ0) is 20.9. The van der Waals surface area contributed by atoms with Gasteiger partial charge in [-0.3, -0.25) is 9.79 Å². The van der Waals surface area contributed by atoms with E-state index in [0.717, 1.165) is 38.0 Å². The molecule has 0 radical (unpaired) electrons. The minimum Gasteiger partial charge on any atom is -0.361 e. The lowest BCUT2D eigenvalue weighted by Crippen LogP contribution is -2.46. The maximum Gasteiger partial charge on any atom is 0.246 e. The summed E-state index contributed by atoms with van der Waals surface area (Å²) in [6, 6.07) is 14.6. The highest BCUT2D eigenvalue weighted by Gasteiger charge is 2.21. The second-order valence-corrected chi connectivity index (χ2v) is 7.74. The van der Waals surface area contributed by atoms with Crippen molar-refractivity contribution in [2.45, 2.75) is 26.2 Å². The van der Waals surface area contributed by atoms with Crippen molar-refractivity contribution < 1.29 is 4.79 Å². The molecule has 4 rings (SSSR count). The van der Waals surface area contributed by atoms with Crippen molar-refractivity contribution in [1.82, 2.24) is 15.6 Å². The number of fused-ring (bicyclic) bond motifs is 2. The molecule has 1 aliphatic heterocycles. The lowest BCUT2D eigenvalue weighted by atomic mass is 10.0. The summed E-state index contributed by atoms with van der Waals surface area (Å²) in [6.07, 6.45) is 4.97. The summed E-state index contributed by atoms with van der Waals surface area (Å²) in [5.74, 6) is 0.710. The van der Waals surface area contributed by atoms with E-state index in [1.807, 2.05) is 23.1 Å². The van der Waals surface area contributed by atoms with Crippen LogP contribution in [0.2, 0.25) is 0 Å². The van der Waals surface area contributed by atoms with Gasteiger partial charge in [0.2, 0.25) is 5.91 Å². The molecule has 0 saturated heterocycles. The Balaban J connectivity index is 0.00000272. The van der Waals surface area contributed by atoms with Crippen molar-refractivity contribution in [2.24, 2.45) is 4.99 Å². The minimum absolute atomic E-state index is 0. The van der Waals surface area contributed by atoms with Crippen molar-refractivity contribution in [3.05, 3.63) is 65.4 Å². The van der Waals surface area contributed by atoms with Gasteiger partial charge in [-0.15, -0.1) is 24.0 Å². The van der Waals surface area contributed by atoms with Crippen molar-refractivity contribution in [3.63, 3.8) is 0 Å². The van der Waals surface area contributed by atoms with Crippen LogP contribution in [0.1, 0.15) is 23.1 Å². The van der Waals surface area contributed by atoms with Gasteiger partial charge in [-0.1, -0.05) is 30.3 Å². The average molecular weight is 531 g/mol. The number of guanidine groups is 1. The third-order valence-corrected chi connectivity index (χ3v) is 5.65. The topological polar surface area (TPSA) is 72.5 Å². The van der Waals surface area contributed by atoms with Crippen LogP contribution in [-0.2, 0) is 17.6 Å². The second kappa shape index (κ2) is 10.7. The first-order chi connectivity index (χ1) is 14.7. The quantitative estimate of drug-likeness (QED) is 0.267. The molecule has 1 aromatic heterocycles. The third-order valence-electron chi connectivity index (χ3n) is 5.65. The van der Waals surface area contributed by atoms with Gasteiger partial charge in [0.1, 0.15) is 0 Å². The Bertz CT molecular complexity index is 1070. The zero-order valence-electron chi connectivity index (χ0n) is 18.1. The molecule has 0 saturated carbocycles. The number of benzene rings is 2. The van der Waals surface area contributed by atoms with Gasteiger partial charge in [0.25, 0.3) is 0 Å². The Morgan fingerprint density at radius 2 is 2.03 bits per heavy atom. The Kier molecular flexibility index (Phi) is 7.95. The number of carbonyl (C=O) groups excluding carboxylic acids is 1. The first kappa shape index (κ1) is 23.1. The number of rotatable bonds is 5. The van der Waals surface area contributed by atoms with Crippen LogP contribution in [0, 0.1) is 6.92 Å². The SMILES string of the molecule is CN=C(NCCc1c[nH]c2cc(C)ccc12)NCC(=O)N1CCCc2ccccc21.I. The third kappa shape index (κ3) is 5.39. The number of halogens is 1. The maximum atomic E-state index is 12.8. The van der Waals surface area contributed by atoms with Crippen LogP contribution in [0.15, 0.2) is 53.7 Å². The summed E-state index contributed by atoms with van der Waals surface area (Å²) in [4.78, 5) is 22.3. The molecule has 0 spiro atoms. The van der Waals surface area contributed by atoms with Crippen LogP contribution in [0.4, 0.5) is 5.69 Å². The Morgan fingerprint density at radius 3 is 2.87 bits per heavy atom. The van der Waals surface area contributed by atoms with Gasteiger partial charge in [0.15, 0.2) is 5.96 Å². The molecule has 1 aliphatic rings. The van der Waals surface area contributed by atoms with Crippen LogP contribution in [0.25, 0.3) is 10.9 Å². The summed E-state index contributed by atoms with van der Waals surface area (Å²) in [7, 11) is 1.73. The number of aromatic nitrogens is 1. The number of amides is 1. The predicted molar refractivity (Wildman–Crippen MR) is 139 cm³/mol. The van der Waals surface area contributed by atoms with Crippen molar-refractivity contribution in [3.8, 4) is 0 Å². The van der Waals surface area contributed by atoms with Crippen LogP contribution in [0.3, 0.4) is 0 Å². The van der Waals surface area contributed by atoms with Gasteiger partial charge in [0.05, 0.1) is 6.54 Å². The number of anilines is 1. The normalized spacial score (nSPS) is 13.5. The summed E-state index contributed by atoms with van der Waals surface area (Å²) in [5, 5.41) is 7.73. The first-order valence-electron chi connectivity index (χ1n) is 10.5. The van der Waals surface area contributed by atoms with Crippen LogP contribution in [0.5, 0.6) is 0 Å². The number of aromatic amines is 1. The van der Waals surface area contributed by atoms with E-state index in [1.54, 1.807) is 7.05 Å². The lowest BCUT2D eigenvalue weighted by Gasteiger charge is -2.29. The number of aryl methyl sites for hydroxylation is 2. The van der Waals surface area contributed by atoms with Crippen LogP contribution >= 0.6 is 24.0 Å². The molecule has 6 nitrogen and oxygen atoms in total. The van der Waals surface area contributed by atoms with Crippen LogP contribution in [-0.4, -0.2) is 43.5 Å². The van der Waals surface area contributed by atoms with Crippen molar-refractivity contribution >= 4 is 52.4 Å². The fourth-order valence-corrected chi connectivity index (χ4v) is 4.09. The van der Waals surface area contributed by atoms with Gasteiger partial charge in [-0.05, 0) is 55.0 Å². The first-order valence-corrected chi connectivity index (χ1v) is 10.5. The van der Waals surface area contributed by atoms with E-state index >= 15 is 0 Å². The fraction of sp³-hybridized carbons (Fsp3) is 0.333.